The Morgan fingerprint density at radius 1 is 1.18 bits per heavy atom. The number of benzene rings is 1. The molecule has 0 saturated heterocycles. The Bertz CT molecular complexity index is 634. The van der Waals surface area contributed by atoms with E-state index in [0.29, 0.717) is 6.61 Å². The van der Waals surface area contributed by atoms with Crippen molar-refractivity contribution >= 4 is 23.1 Å². The second kappa shape index (κ2) is 6.47. The summed E-state index contributed by atoms with van der Waals surface area (Å²) in [6, 6.07) is 11.4. The molecule has 1 amide bonds. The second-order valence-electron chi connectivity index (χ2n) is 5.28. The van der Waals surface area contributed by atoms with Gasteiger partial charge in [0.1, 0.15) is 11.6 Å². The monoisotopic (exact) mass is 297 g/mol. The topological polar surface area (TPSA) is 63.2 Å². The van der Waals surface area contributed by atoms with Crippen molar-refractivity contribution < 1.29 is 9.53 Å². The summed E-state index contributed by atoms with van der Waals surface area (Å²) in [6.07, 6.45) is 3.66. The summed E-state index contributed by atoms with van der Waals surface area (Å²) in [5, 5.41) is 6.08. The van der Waals surface area contributed by atoms with Gasteiger partial charge in [0.2, 0.25) is 5.91 Å². The van der Waals surface area contributed by atoms with Crippen LogP contribution in [0.4, 0.5) is 17.2 Å². The quantitative estimate of drug-likeness (QED) is 0.855. The number of nitrogens with zero attached hydrogens (tertiary/aromatic N) is 1. The molecule has 0 atom stereocenters. The Labute approximate surface area is 129 Å². The summed E-state index contributed by atoms with van der Waals surface area (Å²) >= 11 is 0. The number of pyridine rings is 1. The Morgan fingerprint density at radius 3 is 2.50 bits per heavy atom. The van der Waals surface area contributed by atoms with Gasteiger partial charge in [0.15, 0.2) is 0 Å². The molecule has 1 fully saturated rings. The van der Waals surface area contributed by atoms with Gasteiger partial charge in [-0.2, -0.15) is 0 Å². The third-order valence-corrected chi connectivity index (χ3v) is 3.42. The molecule has 5 heteroatoms. The zero-order chi connectivity index (χ0) is 15.4. The van der Waals surface area contributed by atoms with Crippen molar-refractivity contribution in [3.63, 3.8) is 0 Å². The van der Waals surface area contributed by atoms with Crippen LogP contribution in [0.25, 0.3) is 0 Å². The van der Waals surface area contributed by atoms with E-state index in [1.54, 1.807) is 6.20 Å². The minimum absolute atomic E-state index is 0.0917. The molecule has 2 aromatic rings. The molecule has 0 bridgehead atoms. The van der Waals surface area contributed by atoms with Crippen molar-refractivity contribution in [2.75, 3.05) is 17.2 Å². The van der Waals surface area contributed by atoms with E-state index in [2.05, 4.69) is 15.6 Å². The lowest BCUT2D eigenvalue weighted by Gasteiger charge is -2.08. The van der Waals surface area contributed by atoms with E-state index in [9.17, 15) is 4.79 Å². The van der Waals surface area contributed by atoms with E-state index in [-0.39, 0.29) is 11.8 Å². The fourth-order valence-corrected chi connectivity index (χ4v) is 2.08. The van der Waals surface area contributed by atoms with Gasteiger partial charge in [-0.3, -0.25) is 4.79 Å². The van der Waals surface area contributed by atoms with Crippen LogP contribution in [-0.4, -0.2) is 17.5 Å². The lowest BCUT2D eigenvalue weighted by molar-refractivity contribution is -0.117. The summed E-state index contributed by atoms with van der Waals surface area (Å²) < 4.78 is 5.40. The summed E-state index contributed by atoms with van der Waals surface area (Å²) in [6.45, 7) is 2.61. The van der Waals surface area contributed by atoms with E-state index < -0.39 is 0 Å². The summed E-state index contributed by atoms with van der Waals surface area (Å²) in [5.41, 5.74) is 1.67. The summed E-state index contributed by atoms with van der Waals surface area (Å²) in [5.74, 6) is 1.86. The van der Waals surface area contributed by atoms with E-state index in [4.69, 9.17) is 4.74 Å². The zero-order valence-electron chi connectivity index (χ0n) is 12.5. The molecule has 0 spiro atoms. The van der Waals surface area contributed by atoms with E-state index in [1.165, 1.54) is 0 Å². The van der Waals surface area contributed by atoms with Gasteiger partial charge in [-0.05, 0) is 56.2 Å². The lowest BCUT2D eigenvalue weighted by Crippen LogP contribution is -2.13. The number of anilines is 3. The number of hydrogen-bond acceptors (Lipinski definition) is 4. The Kier molecular flexibility index (Phi) is 4.23. The van der Waals surface area contributed by atoms with Gasteiger partial charge >= 0.3 is 0 Å². The van der Waals surface area contributed by atoms with Gasteiger partial charge in [-0.15, -0.1) is 0 Å². The minimum Gasteiger partial charge on any atom is -0.494 e. The van der Waals surface area contributed by atoms with Crippen LogP contribution < -0.4 is 15.4 Å². The van der Waals surface area contributed by atoms with Gasteiger partial charge in [0, 0.05) is 11.6 Å². The van der Waals surface area contributed by atoms with Crippen molar-refractivity contribution in [1.29, 1.82) is 0 Å². The van der Waals surface area contributed by atoms with Crippen LogP contribution in [0.2, 0.25) is 0 Å². The van der Waals surface area contributed by atoms with Crippen molar-refractivity contribution in [3.8, 4) is 5.75 Å². The molecule has 1 aliphatic rings. The third kappa shape index (κ3) is 3.75. The number of ether oxygens (including phenoxy) is 1. The van der Waals surface area contributed by atoms with E-state index in [0.717, 1.165) is 35.8 Å². The first-order valence-electron chi connectivity index (χ1n) is 7.51. The second-order valence-corrected chi connectivity index (χ2v) is 5.28. The molecule has 0 aliphatic heterocycles. The average molecular weight is 297 g/mol. The first kappa shape index (κ1) is 14.4. The molecule has 1 saturated carbocycles. The van der Waals surface area contributed by atoms with Gasteiger partial charge in [-0.1, -0.05) is 0 Å². The van der Waals surface area contributed by atoms with Crippen molar-refractivity contribution in [2.45, 2.75) is 19.8 Å². The van der Waals surface area contributed by atoms with Gasteiger partial charge in [0.25, 0.3) is 0 Å². The highest BCUT2D eigenvalue weighted by Gasteiger charge is 2.29. The maximum absolute atomic E-state index is 11.7. The number of amides is 1. The first-order chi connectivity index (χ1) is 10.7. The van der Waals surface area contributed by atoms with Gasteiger partial charge < -0.3 is 15.4 Å². The van der Waals surface area contributed by atoms with Crippen LogP contribution >= 0.6 is 0 Å². The van der Waals surface area contributed by atoms with Gasteiger partial charge in [0.05, 0.1) is 18.5 Å². The summed E-state index contributed by atoms with van der Waals surface area (Å²) in [4.78, 5) is 16.0. The minimum atomic E-state index is 0.0917. The highest BCUT2D eigenvalue weighted by molar-refractivity contribution is 5.93. The first-order valence-corrected chi connectivity index (χ1v) is 7.51. The SMILES string of the molecule is CCOc1ccc(Nc2ccc(NC(=O)C3CC3)cn2)cc1. The maximum Gasteiger partial charge on any atom is 0.227 e. The predicted octanol–water partition coefficient (Wildman–Crippen LogP) is 3.57. The van der Waals surface area contributed by atoms with Crippen molar-refractivity contribution in [2.24, 2.45) is 5.92 Å². The molecule has 0 unspecified atom stereocenters. The van der Waals surface area contributed by atoms with E-state index >= 15 is 0 Å². The van der Waals surface area contributed by atoms with Gasteiger partial charge in [-0.25, -0.2) is 4.98 Å². The lowest BCUT2D eigenvalue weighted by atomic mass is 10.3. The van der Waals surface area contributed by atoms with Crippen molar-refractivity contribution in [3.05, 3.63) is 42.6 Å². The highest BCUT2D eigenvalue weighted by Crippen LogP contribution is 2.30. The number of nitrogens with one attached hydrogen (secondary N) is 2. The van der Waals surface area contributed by atoms with Crippen LogP contribution in [0.1, 0.15) is 19.8 Å². The predicted molar refractivity (Wildman–Crippen MR) is 86.5 cm³/mol. The molecule has 5 nitrogen and oxygen atoms in total. The third-order valence-electron chi connectivity index (χ3n) is 3.42. The number of carbonyl (C=O) groups excluding carboxylic acids is 1. The van der Waals surface area contributed by atoms with Crippen LogP contribution in [0, 0.1) is 5.92 Å². The number of hydrogen-bond donors (Lipinski definition) is 2. The van der Waals surface area contributed by atoms with Crippen LogP contribution in [0.3, 0.4) is 0 Å². The van der Waals surface area contributed by atoms with E-state index in [1.807, 2.05) is 43.3 Å². The molecular formula is C17H19N3O2. The maximum atomic E-state index is 11.7. The number of carbonyl (C=O) groups is 1. The zero-order valence-corrected chi connectivity index (χ0v) is 12.5. The molecule has 22 heavy (non-hydrogen) atoms. The molecule has 1 aliphatic carbocycles. The highest BCUT2D eigenvalue weighted by atomic mass is 16.5. The van der Waals surface area contributed by atoms with Crippen LogP contribution in [0.5, 0.6) is 5.75 Å². The molecule has 1 aromatic heterocycles. The Hall–Kier alpha value is -2.56. The fraction of sp³-hybridized carbons (Fsp3) is 0.294. The standard InChI is InChI=1S/C17H19N3O2/c1-2-22-15-8-5-13(6-9-15)19-16-10-7-14(11-18-16)20-17(21)12-3-4-12/h5-12H,2-4H2,1H3,(H,18,19)(H,20,21). The number of rotatable bonds is 6. The summed E-state index contributed by atoms with van der Waals surface area (Å²) in [7, 11) is 0. The molecule has 1 aromatic carbocycles. The smallest absolute Gasteiger partial charge is 0.227 e. The average Bonchev–Trinajstić information content (AvgIpc) is 3.36. The largest absolute Gasteiger partial charge is 0.494 e. The number of aromatic nitrogens is 1. The molecule has 2 N–H and O–H groups in total. The Morgan fingerprint density at radius 2 is 1.91 bits per heavy atom. The van der Waals surface area contributed by atoms with Crippen LogP contribution in [0.15, 0.2) is 42.6 Å². The molecule has 3 rings (SSSR count). The normalized spacial score (nSPS) is 13.5. The van der Waals surface area contributed by atoms with Crippen molar-refractivity contribution in [1.82, 2.24) is 4.98 Å². The molecule has 114 valence electrons. The molecule has 0 radical (unpaired) electrons. The molecular weight excluding hydrogens is 278 g/mol. The molecule has 1 heterocycles. The van der Waals surface area contributed by atoms with Crippen LogP contribution in [-0.2, 0) is 4.79 Å². The Balaban J connectivity index is 1.59. The fourth-order valence-electron chi connectivity index (χ4n) is 2.08.